The van der Waals surface area contributed by atoms with E-state index in [-0.39, 0.29) is 17.6 Å². The fourth-order valence-corrected chi connectivity index (χ4v) is 1.45. The van der Waals surface area contributed by atoms with Gasteiger partial charge in [0.2, 0.25) is 0 Å². The van der Waals surface area contributed by atoms with E-state index >= 15 is 0 Å². The molecule has 0 aromatic carbocycles. The van der Waals surface area contributed by atoms with Crippen LogP contribution in [0.4, 0.5) is 0 Å². The maximum atomic E-state index is 11.0. The van der Waals surface area contributed by atoms with Crippen LogP contribution in [-0.4, -0.2) is 24.8 Å². The lowest BCUT2D eigenvalue weighted by atomic mass is 9.96. The molecule has 0 amide bonds. The first-order chi connectivity index (χ1) is 4.84. The van der Waals surface area contributed by atoms with E-state index in [0.717, 1.165) is 25.9 Å². The fraction of sp³-hybridized carbons (Fsp3) is 0.857. The number of halogens is 1. The molecule has 1 fully saturated rings. The second-order valence-electron chi connectivity index (χ2n) is 2.64. The normalized spacial score (nSPS) is 26.3. The Balaban J connectivity index is 2.31. The summed E-state index contributed by atoms with van der Waals surface area (Å²) in [5, 5.41) is 3.17. The van der Waals surface area contributed by atoms with Crippen LogP contribution in [0.2, 0.25) is 0 Å². The molecule has 0 saturated carbocycles. The molecule has 1 rings (SSSR count). The third-order valence-corrected chi connectivity index (χ3v) is 2.15. The monoisotopic (exact) mass is 161 g/mol. The quantitative estimate of drug-likeness (QED) is 0.607. The average molecular weight is 162 g/mol. The average Bonchev–Trinajstić information content (AvgIpc) is 2.05. The van der Waals surface area contributed by atoms with Crippen molar-refractivity contribution in [2.24, 2.45) is 5.92 Å². The highest BCUT2D eigenvalue weighted by molar-refractivity contribution is 6.27. The fourth-order valence-electron chi connectivity index (χ4n) is 1.24. The lowest BCUT2D eigenvalue weighted by Gasteiger charge is -2.20. The number of hydrogen-bond acceptors (Lipinski definition) is 2. The van der Waals surface area contributed by atoms with Crippen molar-refractivity contribution in [3.8, 4) is 0 Å². The van der Waals surface area contributed by atoms with Gasteiger partial charge in [-0.1, -0.05) is 0 Å². The van der Waals surface area contributed by atoms with E-state index in [2.05, 4.69) is 5.32 Å². The predicted molar refractivity (Wildman–Crippen MR) is 41.3 cm³/mol. The van der Waals surface area contributed by atoms with E-state index in [1.807, 2.05) is 0 Å². The molecule has 3 heteroatoms. The second kappa shape index (κ2) is 3.94. The van der Waals surface area contributed by atoms with Crippen molar-refractivity contribution in [2.45, 2.75) is 12.8 Å². The Morgan fingerprint density at radius 3 is 3.00 bits per heavy atom. The minimum absolute atomic E-state index is 0.173. The van der Waals surface area contributed by atoms with E-state index < -0.39 is 0 Å². The van der Waals surface area contributed by atoms with Crippen LogP contribution in [-0.2, 0) is 4.79 Å². The van der Waals surface area contributed by atoms with Crippen LogP contribution in [0.15, 0.2) is 0 Å². The number of piperidine rings is 1. The summed E-state index contributed by atoms with van der Waals surface area (Å²) in [5.41, 5.74) is 0. The van der Waals surface area contributed by atoms with Gasteiger partial charge in [-0.15, -0.1) is 11.6 Å². The van der Waals surface area contributed by atoms with Crippen LogP contribution >= 0.6 is 11.6 Å². The Morgan fingerprint density at radius 2 is 2.50 bits per heavy atom. The van der Waals surface area contributed by atoms with Gasteiger partial charge >= 0.3 is 0 Å². The Hall–Kier alpha value is -0.0800. The summed E-state index contributed by atoms with van der Waals surface area (Å²) in [5.74, 6) is 0.548. The Labute approximate surface area is 65.9 Å². The number of carbonyl (C=O) groups is 1. The SMILES string of the molecule is O=C(CCl)C1CCCNC1. The first kappa shape index (κ1) is 8.02. The molecule has 0 aromatic heterocycles. The highest BCUT2D eigenvalue weighted by atomic mass is 35.5. The molecule has 1 unspecified atom stereocenters. The molecule has 1 aliphatic rings. The summed E-state index contributed by atoms with van der Waals surface area (Å²) in [6.07, 6.45) is 2.12. The number of hydrogen-bond donors (Lipinski definition) is 1. The number of nitrogens with one attached hydrogen (secondary N) is 1. The molecule has 10 heavy (non-hydrogen) atoms. The maximum absolute atomic E-state index is 11.0. The number of alkyl halides is 1. The van der Waals surface area contributed by atoms with Crippen molar-refractivity contribution in [3.05, 3.63) is 0 Å². The van der Waals surface area contributed by atoms with Crippen molar-refractivity contribution in [1.29, 1.82) is 0 Å². The minimum atomic E-state index is 0.173. The predicted octanol–water partition coefficient (Wildman–Crippen LogP) is 0.794. The molecule has 1 heterocycles. The van der Waals surface area contributed by atoms with Crippen molar-refractivity contribution in [1.82, 2.24) is 5.32 Å². The Morgan fingerprint density at radius 1 is 1.70 bits per heavy atom. The molecule has 0 aliphatic carbocycles. The molecule has 0 spiro atoms. The zero-order valence-corrected chi connectivity index (χ0v) is 6.66. The summed E-state index contributed by atoms with van der Waals surface area (Å²) in [6, 6.07) is 0. The van der Waals surface area contributed by atoms with Crippen LogP contribution < -0.4 is 5.32 Å². The van der Waals surface area contributed by atoms with Gasteiger partial charge in [-0.25, -0.2) is 0 Å². The Bertz CT molecular complexity index is 121. The number of rotatable bonds is 2. The molecule has 58 valence electrons. The second-order valence-corrected chi connectivity index (χ2v) is 2.91. The van der Waals surface area contributed by atoms with Gasteiger partial charge in [0.25, 0.3) is 0 Å². The van der Waals surface area contributed by atoms with Crippen LogP contribution in [0.25, 0.3) is 0 Å². The van der Waals surface area contributed by atoms with Crippen molar-refractivity contribution in [3.63, 3.8) is 0 Å². The van der Waals surface area contributed by atoms with E-state index in [1.54, 1.807) is 0 Å². The van der Waals surface area contributed by atoms with E-state index in [1.165, 1.54) is 0 Å². The van der Waals surface area contributed by atoms with Gasteiger partial charge in [-0.3, -0.25) is 4.79 Å². The first-order valence-electron chi connectivity index (χ1n) is 3.64. The van der Waals surface area contributed by atoms with Gasteiger partial charge in [0.1, 0.15) is 0 Å². The van der Waals surface area contributed by atoms with Gasteiger partial charge in [0.05, 0.1) is 5.88 Å². The van der Waals surface area contributed by atoms with Gasteiger partial charge in [-0.05, 0) is 19.4 Å². The molecule has 1 saturated heterocycles. The highest BCUT2D eigenvalue weighted by Crippen LogP contribution is 2.11. The topological polar surface area (TPSA) is 29.1 Å². The van der Waals surface area contributed by atoms with Gasteiger partial charge in [-0.2, -0.15) is 0 Å². The third kappa shape index (κ3) is 1.96. The number of Topliss-reactive ketones (excluding diaryl/α,β-unsaturated/α-hetero) is 1. The molecule has 0 bridgehead atoms. The lowest BCUT2D eigenvalue weighted by Crippen LogP contribution is -2.34. The molecular formula is C7H12ClNO. The van der Waals surface area contributed by atoms with Gasteiger partial charge < -0.3 is 5.32 Å². The molecule has 0 aromatic rings. The van der Waals surface area contributed by atoms with Crippen LogP contribution in [0.3, 0.4) is 0 Å². The highest BCUT2D eigenvalue weighted by Gasteiger charge is 2.19. The molecule has 0 radical (unpaired) electrons. The molecule has 1 aliphatic heterocycles. The molecule has 1 atom stereocenters. The summed E-state index contributed by atoms with van der Waals surface area (Å²) in [4.78, 5) is 11.0. The van der Waals surface area contributed by atoms with Crippen LogP contribution in [0, 0.1) is 5.92 Å². The zero-order valence-electron chi connectivity index (χ0n) is 5.90. The number of ketones is 1. The van der Waals surface area contributed by atoms with Crippen LogP contribution in [0.1, 0.15) is 12.8 Å². The maximum Gasteiger partial charge on any atom is 0.151 e. The first-order valence-corrected chi connectivity index (χ1v) is 4.17. The largest absolute Gasteiger partial charge is 0.316 e. The van der Waals surface area contributed by atoms with E-state index in [9.17, 15) is 4.79 Å². The van der Waals surface area contributed by atoms with E-state index in [4.69, 9.17) is 11.6 Å². The molecular weight excluding hydrogens is 150 g/mol. The van der Waals surface area contributed by atoms with Crippen molar-refractivity contribution >= 4 is 17.4 Å². The molecule has 2 nitrogen and oxygen atoms in total. The van der Waals surface area contributed by atoms with E-state index in [0.29, 0.717) is 0 Å². The van der Waals surface area contributed by atoms with Crippen LogP contribution in [0.5, 0.6) is 0 Å². The standard InChI is InChI=1S/C7H12ClNO/c8-4-7(10)6-2-1-3-9-5-6/h6,9H,1-5H2. The van der Waals surface area contributed by atoms with Gasteiger partial charge in [0, 0.05) is 12.5 Å². The zero-order chi connectivity index (χ0) is 7.40. The summed E-state index contributed by atoms with van der Waals surface area (Å²) in [6.45, 7) is 1.87. The smallest absolute Gasteiger partial charge is 0.151 e. The molecule has 1 N–H and O–H groups in total. The summed E-state index contributed by atoms with van der Waals surface area (Å²) in [7, 11) is 0. The van der Waals surface area contributed by atoms with Crippen molar-refractivity contribution < 1.29 is 4.79 Å². The minimum Gasteiger partial charge on any atom is -0.316 e. The summed E-state index contributed by atoms with van der Waals surface area (Å²) < 4.78 is 0. The third-order valence-electron chi connectivity index (χ3n) is 1.88. The number of carbonyl (C=O) groups excluding carboxylic acids is 1. The summed E-state index contributed by atoms with van der Waals surface area (Å²) >= 11 is 5.41. The van der Waals surface area contributed by atoms with Gasteiger partial charge in [0.15, 0.2) is 5.78 Å². The van der Waals surface area contributed by atoms with Crippen molar-refractivity contribution in [2.75, 3.05) is 19.0 Å². The Kier molecular flexibility index (Phi) is 3.16. The lowest BCUT2D eigenvalue weighted by molar-refractivity contribution is -0.120.